The lowest BCUT2D eigenvalue weighted by Gasteiger charge is -2.29. The Morgan fingerprint density at radius 3 is 2.28 bits per heavy atom. The molecule has 0 amide bonds. The molecule has 3 aromatic heterocycles. The van der Waals surface area contributed by atoms with Gasteiger partial charge in [0.25, 0.3) is 0 Å². The van der Waals surface area contributed by atoms with E-state index in [1.807, 2.05) is 49.1 Å². The first-order valence-corrected chi connectivity index (χ1v) is 19.0. The van der Waals surface area contributed by atoms with Crippen molar-refractivity contribution < 1.29 is 0 Å². The van der Waals surface area contributed by atoms with E-state index in [1.165, 1.54) is 5.57 Å². The third-order valence-electron chi connectivity index (χ3n) is 10.8. The van der Waals surface area contributed by atoms with Gasteiger partial charge in [-0.3, -0.25) is 15.0 Å². The maximum Gasteiger partial charge on any atom is 0.160 e. The van der Waals surface area contributed by atoms with E-state index in [0.29, 0.717) is 11.5 Å². The molecule has 0 saturated carbocycles. The summed E-state index contributed by atoms with van der Waals surface area (Å²) >= 11 is 0. The van der Waals surface area contributed by atoms with Gasteiger partial charge in [-0.25, -0.2) is 9.98 Å². The molecule has 2 aliphatic rings. The van der Waals surface area contributed by atoms with E-state index in [9.17, 15) is 0 Å². The van der Waals surface area contributed by atoms with Crippen LogP contribution in [0.15, 0.2) is 199 Å². The molecular formula is C51H36N6. The van der Waals surface area contributed by atoms with Gasteiger partial charge in [-0.2, -0.15) is 0 Å². The smallest absolute Gasteiger partial charge is 0.160 e. The highest BCUT2D eigenvalue weighted by atomic mass is 14.9. The molecule has 1 unspecified atom stereocenters. The van der Waals surface area contributed by atoms with Crippen LogP contribution < -0.4 is 5.32 Å². The zero-order chi connectivity index (χ0) is 38.3. The summed E-state index contributed by atoms with van der Waals surface area (Å²) in [6.07, 6.45) is 13.9. The van der Waals surface area contributed by atoms with Crippen molar-refractivity contribution in [1.29, 1.82) is 0 Å². The van der Waals surface area contributed by atoms with Crippen LogP contribution in [0.1, 0.15) is 46.5 Å². The Hall–Kier alpha value is -7.57. The fourth-order valence-corrected chi connectivity index (χ4v) is 8.04. The Bertz CT molecular complexity index is 3090. The summed E-state index contributed by atoms with van der Waals surface area (Å²) in [7, 11) is 0. The lowest BCUT2D eigenvalue weighted by Crippen LogP contribution is -2.24. The molecule has 6 heteroatoms. The molecule has 10 rings (SSSR count). The number of aromatic nitrogens is 3. The number of hydrogen-bond donors (Lipinski definition) is 1. The number of aliphatic imine (C=N–C) groups is 2. The molecule has 0 radical (unpaired) electrons. The van der Waals surface area contributed by atoms with Crippen LogP contribution in [0.25, 0.3) is 55.0 Å². The Balaban J connectivity index is 1.10. The monoisotopic (exact) mass is 732 g/mol. The molecule has 270 valence electrons. The van der Waals surface area contributed by atoms with E-state index in [-0.39, 0.29) is 6.04 Å². The van der Waals surface area contributed by atoms with Crippen LogP contribution in [0.5, 0.6) is 0 Å². The largest absolute Gasteiger partial charge is 0.379 e. The summed E-state index contributed by atoms with van der Waals surface area (Å²) in [6.45, 7) is 6.59. The van der Waals surface area contributed by atoms with Crippen molar-refractivity contribution in [2.45, 2.75) is 13.0 Å². The first-order chi connectivity index (χ1) is 28.1. The second-order valence-electron chi connectivity index (χ2n) is 14.3. The molecule has 0 bridgehead atoms. The first-order valence-electron chi connectivity index (χ1n) is 19.0. The molecule has 1 atom stereocenters. The van der Waals surface area contributed by atoms with E-state index in [2.05, 4.69) is 151 Å². The summed E-state index contributed by atoms with van der Waals surface area (Å²) in [5.74, 6) is 0.575. The van der Waals surface area contributed by atoms with Gasteiger partial charge in [0.05, 0.1) is 28.5 Å². The van der Waals surface area contributed by atoms with Crippen molar-refractivity contribution in [3.05, 3.63) is 222 Å². The van der Waals surface area contributed by atoms with Crippen molar-refractivity contribution in [3.8, 4) is 11.1 Å². The summed E-state index contributed by atoms with van der Waals surface area (Å²) < 4.78 is 0. The molecule has 5 aromatic carbocycles. The third-order valence-corrected chi connectivity index (χ3v) is 10.8. The molecule has 0 spiro atoms. The van der Waals surface area contributed by atoms with Crippen LogP contribution in [-0.4, -0.2) is 26.5 Å². The van der Waals surface area contributed by atoms with E-state index in [4.69, 9.17) is 20.0 Å². The zero-order valence-electron chi connectivity index (χ0n) is 31.3. The summed E-state index contributed by atoms with van der Waals surface area (Å²) in [4.78, 5) is 24.8. The van der Waals surface area contributed by atoms with Crippen LogP contribution in [0.2, 0.25) is 0 Å². The number of amidine groups is 1. The molecular weight excluding hydrogens is 697 g/mol. The van der Waals surface area contributed by atoms with Crippen molar-refractivity contribution in [3.63, 3.8) is 0 Å². The second kappa shape index (κ2) is 14.3. The Morgan fingerprint density at radius 1 is 0.632 bits per heavy atom. The lowest BCUT2D eigenvalue weighted by molar-refractivity contribution is 0.688. The maximum absolute atomic E-state index is 5.31. The molecule has 1 N–H and O–H groups in total. The molecule has 0 fully saturated rings. The van der Waals surface area contributed by atoms with Gasteiger partial charge in [-0.1, -0.05) is 110 Å². The van der Waals surface area contributed by atoms with Crippen molar-refractivity contribution in [2.24, 2.45) is 9.98 Å². The third kappa shape index (κ3) is 6.23. The quantitative estimate of drug-likeness (QED) is 0.105. The zero-order valence-corrected chi connectivity index (χ0v) is 31.3. The van der Waals surface area contributed by atoms with Crippen molar-refractivity contribution >= 4 is 55.4 Å². The van der Waals surface area contributed by atoms with Gasteiger partial charge < -0.3 is 5.32 Å². The molecule has 8 aromatic rings. The number of nitrogens with one attached hydrogen (secondary N) is 1. The average Bonchev–Trinajstić information content (AvgIpc) is 3.28. The maximum atomic E-state index is 5.31. The van der Waals surface area contributed by atoms with E-state index >= 15 is 0 Å². The van der Waals surface area contributed by atoms with Gasteiger partial charge in [0.1, 0.15) is 0 Å². The van der Waals surface area contributed by atoms with Crippen LogP contribution in [0.3, 0.4) is 0 Å². The normalized spacial score (nSPS) is 15.1. The molecule has 6 nitrogen and oxygen atoms in total. The fourth-order valence-electron chi connectivity index (χ4n) is 8.04. The highest BCUT2D eigenvalue weighted by Crippen LogP contribution is 2.40. The van der Waals surface area contributed by atoms with Gasteiger partial charge in [0.15, 0.2) is 5.84 Å². The van der Waals surface area contributed by atoms with Crippen molar-refractivity contribution in [2.75, 3.05) is 0 Å². The van der Waals surface area contributed by atoms with Gasteiger partial charge >= 0.3 is 0 Å². The topological polar surface area (TPSA) is 75.4 Å². The minimum absolute atomic E-state index is 0.0165. The lowest BCUT2D eigenvalue weighted by atomic mass is 9.83. The summed E-state index contributed by atoms with van der Waals surface area (Å²) in [6, 6.07) is 46.1. The van der Waals surface area contributed by atoms with Gasteiger partial charge in [-0.05, 0) is 100 Å². The predicted molar refractivity (Wildman–Crippen MR) is 235 cm³/mol. The summed E-state index contributed by atoms with van der Waals surface area (Å²) in [5, 5.41) is 7.87. The number of nitrogens with zero attached hydrogens (tertiary/aromatic N) is 5. The molecule has 1 aliphatic carbocycles. The number of benzene rings is 5. The Labute approximate surface area is 330 Å². The van der Waals surface area contributed by atoms with Crippen LogP contribution in [-0.2, 0) is 0 Å². The second-order valence-corrected chi connectivity index (χ2v) is 14.3. The minimum atomic E-state index is 0.0165. The molecule has 4 heterocycles. The number of dihydropyridines is 1. The summed E-state index contributed by atoms with van der Waals surface area (Å²) in [5.41, 5.74) is 13.6. The van der Waals surface area contributed by atoms with E-state index in [1.54, 1.807) is 0 Å². The highest BCUT2D eigenvalue weighted by Gasteiger charge is 2.27. The Morgan fingerprint density at radius 2 is 1.35 bits per heavy atom. The standard InChI is InChI=1S/C51H36N6/c1-32(35-14-5-15-36(28-35)45-30-38-18-8-24-52-47(38)49-43(45)22-10-26-54-49)56-51(57-33(2)41-21-7-13-34-12-3-4-20-42(34)41)40-17-6-16-37(29-40)46-31-39-19-9-25-53-48(39)50-44(46)23-11-27-55-50/h3-31,48,53H,1H2,2H3. The van der Waals surface area contributed by atoms with Crippen LogP contribution in [0.4, 0.5) is 0 Å². The molecule has 57 heavy (non-hydrogen) atoms. The minimum Gasteiger partial charge on any atom is -0.379 e. The first kappa shape index (κ1) is 34.0. The predicted octanol–water partition coefficient (Wildman–Crippen LogP) is 11.5. The SMILES string of the molecule is C=C(N=C(N=C(C)c1cccc2ccccc12)c1cccc(C2=CC3=CC=CNC3c3ncccc32)c1)c1cccc(-c2cc3cccnc3c3ncccc23)c1. The number of allylic oxidation sites excluding steroid dienone is 2. The highest BCUT2D eigenvalue weighted by molar-refractivity contribution is 6.17. The number of hydrogen-bond acceptors (Lipinski definition) is 5. The average molecular weight is 733 g/mol. The van der Waals surface area contributed by atoms with Crippen LogP contribution >= 0.6 is 0 Å². The molecule has 1 aliphatic heterocycles. The van der Waals surface area contributed by atoms with Gasteiger partial charge in [-0.15, -0.1) is 0 Å². The number of rotatable bonds is 6. The van der Waals surface area contributed by atoms with Gasteiger partial charge in [0.2, 0.25) is 0 Å². The fraction of sp³-hybridized carbons (Fsp3) is 0.0392. The Kier molecular flexibility index (Phi) is 8.49. The molecule has 0 saturated heterocycles. The number of pyridine rings is 3. The van der Waals surface area contributed by atoms with Crippen LogP contribution in [0, 0.1) is 0 Å². The van der Waals surface area contributed by atoms with E-state index < -0.39 is 0 Å². The number of fused-ring (bicyclic) bond motifs is 7. The van der Waals surface area contributed by atoms with E-state index in [0.717, 1.165) is 88.5 Å². The van der Waals surface area contributed by atoms with Crippen molar-refractivity contribution in [1.82, 2.24) is 20.3 Å². The van der Waals surface area contributed by atoms with Gasteiger partial charge in [0, 0.05) is 57.3 Å².